The number of rotatable bonds is 3. The Morgan fingerprint density at radius 3 is 2.66 bits per heavy atom. The number of anilines is 1. The summed E-state index contributed by atoms with van der Waals surface area (Å²) in [4.78, 5) is 19.4. The standard InChI is InChI=1S/C26H20ClN3OS/c27-17-12-10-16(11-13-17)23-14-20(18-6-4-5-8-22(18)29-23)25(31)30-26-21(15-28)19-7-2-1-3-9-24(19)32-26/h4-6,8,10-14H,1-3,7,9H2,(H,30,31). The summed E-state index contributed by atoms with van der Waals surface area (Å²) in [6, 6.07) is 19.2. The molecule has 1 N–H and O–H groups in total. The van der Waals surface area contributed by atoms with Crippen molar-refractivity contribution < 1.29 is 4.79 Å². The van der Waals surface area contributed by atoms with Gasteiger partial charge in [-0.2, -0.15) is 5.26 Å². The molecular weight excluding hydrogens is 438 g/mol. The van der Waals surface area contributed by atoms with Crippen molar-refractivity contribution in [1.82, 2.24) is 4.98 Å². The number of hydrogen-bond acceptors (Lipinski definition) is 4. The summed E-state index contributed by atoms with van der Waals surface area (Å²) in [5.74, 6) is -0.230. The van der Waals surface area contributed by atoms with Crippen LogP contribution >= 0.6 is 22.9 Å². The van der Waals surface area contributed by atoms with E-state index in [4.69, 9.17) is 16.6 Å². The van der Waals surface area contributed by atoms with Crippen LogP contribution in [-0.4, -0.2) is 10.9 Å². The molecule has 0 aliphatic heterocycles. The zero-order valence-electron chi connectivity index (χ0n) is 17.3. The van der Waals surface area contributed by atoms with Gasteiger partial charge in [-0.05, 0) is 55.5 Å². The summed E-state index contributed by atoms with van der Waals surface area (Å²) < 4.78 is 0. The highest BCUT2D eigenvalue weighted by Crippen LogP contribution is 2.37. The maximum Gasteiger partial charge on any atom is 0.257 e. The van der Waals surface area contributed by atoms with E-state index >= 15 is 0 Å². The number of nitrogens with zero attached hydrogens (tertiary/aromatic N) is 2. The van der Waals surface area contributed by atoms with Crippen molar-refractivity contribution in [3.63, 3.8) is 0 Å². The largest absolute Gasteiger partial charge is 0.312 e. The van der Waals surface area contributed by atoms with Crippen LogP contribution in [0.5, 0.6) is 0 Å². The van der Waals surface area contributed by atoms with E-state index in [1.54, 1.807) is 11.3 Å². The molecule has 4 aromatic rings. The first-order valence-corrected chi connectivity index (χ1v) is 11.8. The lowest BCUT2D eigenvalue weighted by Crippen LogP contribution is -2.13. The quantitative estimate of drug-likeness (QED) is 0.336. The van der Waals surface area contributed by atoms with Crippen LogP contribution in [0.15, 0.2) is 54.6 Å². The van der Waals surface area contributed by atoms with Gasteiger partial charge in [-0.3, -0.25) is 4.79 Å². The first-order valence-electron chi connectivity index (χ1n) is 10.7. The van der Waals surface area contributed by atoms with Crippen LogP contribution in [0.25, 0.3) is 22.2 Å². The predicted molar refractivity (Wildman–Crippen MR) is 130 cm³/mol. The van der Waals surface area contributed by atoms with Gasteiger partial charge in [0, 0.05) is 20.8 Å². The van der Waals surface area contributed by atoms with Crippen molar-refractivity contribution in [2.45, 2.75) is 32.1 Å². The zero-order chi connectivity index (χ0) is 22.1. The molecule has 2 aromatic heterocycles. The monoisotopic (exact) mass is 457 g/mol. The van der Waals surface area contributed by atoms with Crippen LogP contribution in [0.4, 0.5) is 5.00 Å². The van der Waals surface area contributed by atoms with Crippen LogP contribution in [0, 0.1) is 11.3 Å². The highest BCUT2D eigenvalue weighted by molar-refractivity contribution is 7.16. The Morgan fingerprint density at radius 2 is 1.84 bits per heavy atom. The number of aromatic nitrogens is 1. The van der Waals surface area contributed by atoms with Gasteiger partial charge in [-0.25, -0.2) is 4.98 Å². The van der Waals surface area contributed by atoms with Gasteiger partial charge < -0.3 is 5.32 Å². The van der Waals surface area contributed by atoms with Crippen LogP contribution in [0.1, 0.15) is 45.6 Å². The van der Waals surface area contributed by atoms with Crippen molar-refractivity contribution in [3.8, 4) is 17.3 Å². The first kappa shape index (κ1) is 20.7. The van der Waals surface area contributed by atoms with Crippen LogP contribution in [0.3, 0.4) is 0 Å². The molecule has 158 valence electrons. The first-order chi connectivity index (χ1) is 15.6. The van der Waals surface area contributed by atoms with Gasteiger partial charge >= 0.3 is 0 Å². The second-order valence-electron chi connectivity index (χ2n) is 7.91. The van der Waals surface area contributed by atoms with Gasteiger partial charge in [0.2, 0.25) is 0 Å². The van der Waals surface area contributed by atoms with E-state index < -0.39 is 0 Å². The zero-order valence-corrected chi connectivity index (χ0v) is 18.9. The van der Waals surface area contributed by atoms with Crippen molar-refractivity contribution >= 4 is 44.7 Å². The molecule has 0 spiro atoms. The van der Waals surface area contributed by atoms with Gasteiger partial charge in [0.15, 0.2) is 0 Å². The van der Waals surface area contributed by atoms with Crippen LogP contribution in [-0.2, 0) is 12.8 Å². The summed E-state index contributed by atoms with van der Waals surface area (Å²) >= 11 is 7.58. The van der Waals surface area contributed by atoms with Gasteiger partial charge in [0.1, 0.15) is 11.1 Å². The molecule has 1 aliphatic carbocycles. The number of aryl methyl sites for hydroxylation is 1. The number of fused-ring (bicyclic) bond motifs is 2. The van der Waals surface area contributed by atoms with Crippen molar-refractivity contribution in [2.75, 3.05) is 5.32 Å². The fourth-order valence-corrected chi connectivity index (χ4v) is 5.61. The fourth-order valence-electron chi connectivity index (χ4n) is 4.25. The fraction of sp³-hybridized carbons (Fsp3) is 0.192. The number of benzene rings is 2. The number of hydrogen-bond donors (Lipinski definition) is 1. The lowest BCUT2D eigenvalue weighted by molar-refractivity contribution is 0.102. The average Bonchev–Trinajstić information content (AvgIpc) is 2.97. The number of nitrogens with one attached hydrogen (secondary N) is 1. The average molecular weight is 458 g/mol. The topological polar surface area (TPSA) is 65.8 Å². The molecule has 2 aromatic carbocycles. The summed E-state index contributed by atoms with van der Waals surface area (Å²) in [7, 11) is 0. The van der Waals surface area contributed by atoms with E-state index in [-0.39, 0.29) is 5.91 Å². The second-order valence-corrected chi connectivity index (χ2v) is 9.46. The minimum Gasteiger partial charge on any atom is -0.312 e. The molecule has 0 saturated heterocycles. The van der Waals surface area contributed by atoms with Gasteiger partial charge in [-0.1, -0.05) is 48.4 Å². The molecule has 4 nitrogen and oxygen atoms in total. The van der Waals surface area contributed by atoms with E-state index in [2.05, 4.69) is 11.4 Å². The minimum absolute atomic E-state index is 0.230. The van der Waals surface area contributed by atoms with E-state index in [0.29, 0.717) is 26.8 Å². The van der Waals surface area contributed by atoms with Crippen molar-refractivity contribution in [1.29, 1.82) is 5.26 Å². The number of carbonyl (C=O) groups excluding carboxylic acids is 1. The van der Waals surface area contributed by atoms with Gasteiger partial charge in [0.05, 0.1) is 22.3 Å². The Bertz CT molecular complexity index is 1370. The van der Waals surface area contributed by atoms with Crippen molar-refractivity contribution in [3.05, 3.63) is 81.2 Å². The second kappa shape index (κ2) is 8.74. The molecule has 0 atom stereocenters. The van der Waals surface area contributed by atoms with E-state index in [9.17, 15) is 10.1 Å². The number of nitriles is 1. The van der Waals surface area contributed by atoms with E-state index in [0.717, 1.165) is 47.7 Å². The highest BCUT2D eigenvalue weighted by Gasteiger charge is 2.22. The summed E-state index contributed by atoms with van der Waals surface area (Å²) in [5.41, 5.74) is 4.60. The Labute approximate surface area is 195 Å². The lowest BCUT2D eigenvalue weighted by atomic mass is 10.0. The maximum atomic E-state index is 13.5. The van der Waals surface area contributed by atoms with Gasteiger partial charge in [-0.15, -0.1) is 11.3 Å². The molecule has 0 radical (unpaired) electrons. The Morgan fingerprint density at radius 1 is 1.06 bits per heavy atom. The Hall–Kier alpha value is -3.20. The number of thiophene rings is 1. The molecule has 1 aliphatic rings. The minimum atomic E-state index is -0.230. The Kier molecular flexibility index (Phi) is 5.65. The lowest BCUT2D eigenvalue weighted by Gasteiger charge is -2.10. The molecule has 6 heteroatoms. The molecule has 32 heavy (non-hydrogen) atoms. The number of amides is 1. The van der Waals surface area contributed by atoms with Crippen LogP contribution in [0.2, 0.25) is 5.02 Å². The maximum absolute atomic E-state index is 13.5. The molecule has 0 unspecified atom stereocenters. The van der Waals surface area contributed by atoms with Crippen LogP contribution < -0.4 is 5.32 Å². The number of halogens is 1. The Balaban J connectivity index is 1.57. The predicted octanol–water partition coefficient (Wildman–Crippen LogP) is 7.01. The third-order valence-corrected chi connectivity index (χ3v) is 7.32. The normalized spacial score (nSPS) is 13.2. The smallest absolute Gasteiger partial charge is 0.257 e. The SMILES string of the molecule is N#Cc1c(NC(=O)c2cc(-c3ccc(Cl)cc3)nc3ccccc23)sc2c1CCCCC2. The summed E-state index contributed by atoms with van der Waals surface area (Å²) in [6.07, 6.45) is 5.29. The summed E-state index contributed by atoms with van der Waals surface area (Å²) in [6.45, 7) is 0. The third-order valence-electron chi connectivity index (χ3n) is 5.86. The summed E-state index contributed by atoms with van der Waals surface area (Å²) in [5, 5.41) is 14.9. The molecular formula is C26H20ClN3OS. The molecule has 5 rings (SSSR count). The molecule has 0 bridgehead atoms. The van der Waals surface area contributed by atoms with E-state index in [1.807, 2.05) is 54.6 Å². The number of pyridine rings is 1. The van der Waals surface area contributed by atoms with E-state index in [1.165, 1.54) is 11.3 Å². The highest BCUT2D eigenvalue weighted by atomic mass is 35.5. The molecule has 0 fully saturated rings. The molecule has 0 saturated carbocycles. The third kappa shape index (κ3) is 3.88. The molecule has 1 amide bonds. The van der Waals surface area contributed by atoms with Gasteiger partial charge in [0.25, 0.3) is 5.91 Å². The molecule has 2 heterocycles. The number of carbonyl (C=O) groups is 1. The number of para-hydroxylation sites is 1. The van der Waals surface area contributed by atoms with Crippen molar-refractivity contribution in [2.24, 2.45) is 0 Å².